The lowest BCUT2D eigenvalue weighted by Crippen LogP contribution is -2.10. The lowest BCUT2D eigenvalue weighted by Gasteiger charge is -2.27. The summed E-state index contributed by atoms with van der Waals surface area (Å²) in [5.41, 5.74) is 14.2. The highest BCUT2D eigenvalue weighted by molar-refractivity contribution is 6.10. The van der Waals surface area contributed by atoms with Crippen LogP contribution in [-0.4, -0.2) is 4.57 Å². The molecule has 0 N–H and O–H groups in total. The Hall–Kier alpha value is -7.16. The van der Waals surface area contributed by atoms with E-state index in [1.54, 1.807) is 0 Å². The largest absolute Gasteiger partial charge is 0.310 e. The molecule has 0 radical (unpaired) electrons. The fourth-order valence-electron chi connectivity index (χ4n) is 7.93. The predicted molar refractivity (Wildman–Crippen MR) is 229 cm³/mol. The summed E-state index contributed by atoms with van der Waals surface area (Å²) in [6.45, 7) is 0. The standard InChI is InChI=1S/C52H36N2/c1-3-12-37(13-4-1)39-26-31-45(32-27-39)53(50-21-11-15-42-14-7-8-18-47(42)50)46-33-28-40(29-34-46)38-22-24-41(25-23-38)43-30-35-52-49(36-43)48-19-9-10-20-51(48)54(52)44-16-5-2-6-17-44/h1-36H. The third-order valence-corrected chi connectivity index (χ3v) is 10.6. The fraction of sp³-hybridized carbons (Fsp3) is 0. The number of aromatic nitrogens is 1. The molecule has 0 aliphatic heterocycles. The van der Waals surface area contributed by atoms with Gasteiger partial charge in [-0.3, -0.25) is 0 Å². The molecule has 0 saturated carbocycles. The third-order valence-electron chi connectivity index (χ3n) is 10.6. The van der Waals surface area contributed by atoms with Crippen LogP contribution in [0.3, 0.4) is 0 Å². The van der Waals surface area contributed by atoms with Gasteiger partial charge in [-0.1, -0.05) is 158 Å². The van der Waals surface area contributed by atoms with Crippen LogP contribution in [0.4, 0.5) is 17.1 Å². The molecule has 0 amide bonds. The van der Waals surface area contributed by atoms with Gasteiger partial charge >= 0.3 is 0 Å². The Balaban J connectivity index is 0.984. The van der Waals surface area contributed by atoms with Crippen molar-refractivity contribution in [2.45, 2.75) is 0 Å². The zero-order valence-electron chi connectivity index (χ0n) is 29.7. The fourth-order valence-corrected chi connectivity index (χ4v) is 7.93. The van der Waals surface area contributed by atoms with Gasteiger partial charge in [0.2, 0.25) is 0 Å². The van der Waals surface area contributed by atoms with Crippen molar-refractivity contribution in [3.05, 3.63) is 218 Å². The van der Waals surface area contributed by atoms with E-state index in [1.807, 2.05) is 0 Å². The van der Waals surface area contributed by atoms with E-state index in [1.165, 1.54) is 71.6 Å². The van der Waals surface area contributed by atoms with Crippen LogP contribution in [0.15, 0.2) is 218 Å². The summed E-state index contributed by atoms with van der Waals surface area (Å²) >= 11 is 0. The predicted octanol–water partition coefficient (Wildman–Crippen LogP) is 14.4. The lowest BCUT2D eigenvalue weighted by molar-refractivity contribution is 1.18. The summed E-state index contributed by atoms with van der Waals surface area (Å²) in [5.74, 6) is 0. The van der Waals surface area contributed by atoms with Gasteiger partial charge in [0.1, 0.15) is 0 Å². The van der Waals surface area contributed by atoms with E-state index >= 15 is 0 Å². The van der Waals surface area contributed by atoms with Crippen molar-refractivity contribution in [2.24, 2.45) is 0 Å². The Bertz CT molecular complexity index is 2880. The molecule has 54 heavy (non-hydrogen) atoms. The van der Waals surface area contributed by atoms with Gasteiger partial charge in [0.25, 0.3) is 0 Å². The summed E-state index contributed by atoms with van der Waals surface area (Å²) in [4.78, 5) is 2.37. The zero-order valence-corrected chi connectivity index (χ0v) is 29.7. The molecule has 0 aliphatic rings. The van der Waals surface area contributed by atoms with Crippen molar-refractivity contribution in [2.75, 3.05) is 4.90 Å². The van der Waals surface area contributed by atoms with Crippen LogP contribution < -0.4 is 4.90 Å². The lowest BCUT2D eigenvalue weighted by atomic mass is 9.98. The second-order valence-electron chi connectivity index (χ2n) is 13.8. The van der Waals surface area contributed by atoms with Gasteiger partial charge in [-0.25, -0.2) is 0 Å². The third kappa shape index (κ3) is 5.62. The number of benzene rings is 9. The highest BCUT2D eigenvalue weighted by atomic mass is 15.1. The highest BCUT2D eigenvalue weighted by Gasteiger charge is 2.17. The molecule has 2 heteroatoms. The smallest absolute Gasteiger partial charge is 0.0541 e. The minimum absolute atomic E-state index is 1.11. The van der Waals surface area contributed by atoms with Gasteiger partial charge in [0.15, 0.2) is 0 Å². The molecule has 0 atom stereocenters. The molecule has 1 aromatic heterocycles. The molecule has 9 aromatic carbocycles. The summed E-state index contributed by atoms with van der Waals surface area (Å²) < 4.78 is 2.36. The first-order valence-electron chi connectivity index (χ1n) is 18.5. The van der Waals surface area contributed by atoms with Crippen molar-refractivity contribution in [3.63, 3.8) is 0 Å². The van der Waals surface area contributed by atoms with Crippen LogP contribution in [0.2, 0.25) is 0 Å². The van der Waals surface area contributed by atoms with Gasteiger partial charge in [-0.2, -0.15) is 0 Å². The molecule has 0 saturated heterocycles. The van der Waals surface area contributed by atoms with E-state index in [0.29, 0.717) is 0 Å². The number of hydrogen-bond donors (Lipinski definition) is 0. The average molecular weight is 689 g/mol. The molecule has 0 bridgehead atoms. The minimum Gasteiger partial charge on any atom is -0.310 e. The van der Waals surface area contributed by atoms with Crippen molar-refractivity contribution in [1.29, 1.82) is 0 Å². The Morgan fingerprint density at radius 1 is 0.296 bits per heavy atom. The van der Waals surface area contributed by atoms with Gasteiger partial charge in [0, 0.05) is 33.2 Å². The van der Waals surface area contributed by atoms with Crippen LogP contribution in [0.5, 0.6) is 0 Å². The Morgan fingerprint density at radius 3 is 1.43 bits per heavy atom. The maximum Gasteiger partial charge on any atom is 0.0541 e. The van der Waals surface area contributed by atoms with Crippen molar-refractivity contribution in [1.82, 2.24) is 4.57 Å². The van der Waals surface area contributed by atoms with Gasteiger partial charge in [-0.15, -0.1) is 0 Å². The van der Waals surface area contributed by atoms with E-state index in [9.17, 15) is 0 Å². The summed E-state index contributed by atoms with van der Waals surface area (Å²) in [7, 11) is 0. The van der Waals surface area contributed by atoms with E-state index in [0.717, 1.165) is 17.1 Å². The number of hydrogen-bond acceptors (Lipinski definition) is 1. The van der Waals surface area contributed by atoms with Gasteiger partial charge in [0.05, 0.1) is 16.7 Å². The van der Waals surface area contributed by atoms with Crippen LogP contribution in [-0.2, 0) is 0 Å². The molecule has 254 valence electrons. The van der Waals surface area contributed by atoms with Crippen LogP contribution in [0.25, 0.3) is 71.6 Å². The average Bonchev–Trinajstić information content (AvgIpc) is 3.59. The minimum atomic E-state index is 1.11. The molecule has 10 aromatic rings. The van der Waals surface area contributed by atoms with Crippen molar-refractivity contribution < 1.29 is 0 Å². The molecular weight excluding hydrogens is 653 g/mol. The van der Waals surface area contributed by atoms with Crippen LogP contribution in [0, 0.1) is 0 Å². The maximum atomic E-state index is 2.37. The van der Waals surface area contributed by atoms with Crippen molar-refractivity contribution >= 4 is 49.6 Å². The van der Waals surface area contributed by atoms with Crippen LogP contribution in [0.1, 0.15) is 0 Å². The number of rotatable bonds is 7. The molecule has 0 unspecified atom stereocenters. The molecule has 0 fully saturated rings. The second kappa shape index (κ2) is 13.4. The quantitative estimate of drug-likeness (QED) is 0.162. The van der Waals surface area contributed by atoms with Gasteiger partial charge < -0.3 is 9.47 Å². The summed E-state index contributed by atoms with van der Waals surface area (Å²) in [6, 6.07) is 78.8. The Morgan fingerprint density at radius 2 is 0.759 bits per heavy atom. The van der Waals surface area contributed by atoms with E-state index in [-0.39, 0.29) is 0 Å². The number of para-hydroxylation sites is 2. The van der Waals surface area contributed by atoms with E-state index in [4.69, 9.17) is 0 Å². The topological polar surface area (TPSA) is 8.17 Å². The second-order valence-corrected chi connectivity index (χ2v) is 13.8. The number of fused-ring (bicyclic) bond motifs is 4. The Labute approximate surface area is 315 Å². The maximum absolute atomic E-state index is 2.37. The molecule has 0 aliphatic carbocycles. The highest BCUT2D eigenvalue weighted by Crippen LogP contribution is 2.41. The normalized spacial score (nSPS) is 11.3. The molecule has 0 spiro atoms. The van der Waals surface area contributed by atoms with Crippen molar-refractivity contribution in [3.8, 4) is 39.1 Å². The molecule has 2 nitrogen and oxygen atoms in total. The van der Waals surface area contributed by atoms with E-state index in [2.05, 4.69) is 228 Å². The first-order chi connectivity index (χ1) is 26.8. The first-order valence-corrected chi connectivity index (χ1v) is 18.5. The monoisotopic (exact) mass is 688 g/mol. The Kier molecular flexibility index (Phi) is 7.85. The van der Waals surface area contributed by atoms with Crippen LogP contribution >= 0.6 is 0 Å². The molecular formula is C52H36N2. The molecule has 1 heterocycles. The van der Waals surface area contributed by atoms with Gasteiger partial charge in [-0.05, 0) is 99.4 Å². The SMILES string of the molecule is c1ccc(-c2ccc(N(c3ccc(-c4ccc(-c5ccc6c(c5)c5ccccc5n6-c5ccccc5)cc4)cc3)c3cccc4ccccc34)cc2)cc1. The summed E-state index contributed by atoms with van der Waals surface area (Å²) in [5, 5.41) is 4.96. The first kappa shape index (κ1) is 31.6. The summed E-state index contributed by atoms with van der Waals surface area (Å²) in [6.07, 6.45) is 0. The number of anilines is 3. The molecule has 10 rings (SSSR count). The zero-order chi connectivity index (χ0) is 35.8. The number of nitrogens with zero attached hydrogens (tertiary/aromatic N) is 2. The van der Waals surface area contributed by atoms with E-state index < -0.39 is 0 Å².